The number of piperidine rings is 1. The van der Waals surface area contributed by atoms with Crippen LogP contribution < -0.4 is 5.73 Å². The molecule has 0 spiro atoms. The van der Waals surface area contributed by atoms with Crippen molar-refractivity contribution < 1.29 is 12.8 Å². The van der Waals surface area contributed by atoms with E-state index in [4.69, 9.17) is 5.73 Å². The van der Waals surface area contributed by atoms with Crippen molar-refractivity contribution in [1.29, 1.82) is 0 Å². The van der Waals surface area contributed by atoms with Crippen LogP contribution in [0.25, 0.3) is 0 Å². The zero-order valence-corrected chi connectivity index (χ0v) is 14.4. The Morgan fingerprint density at radius 2 is 1.90 bits per heavy atom. The smallest absolute Gasteiger partial charge is 0.244 e. The highest BCUT2D eigenvalue weighted by Crippen LogP contribution is 2.30. The largest absolute Gasteiger partial charge is 0.396 e. The van der Waals surface area contributed by atoms with E-state index < -0.39 is 15.8 Å². The molecule has 21 heavy (non-hydrogen) atoms. The molecule has 0 saturated carbocycles. The van der Waals surface area contributed by atoms with Crippen molar-refractivity contribution in [3.05, 3.63) is 22.4 Å². The fourth-order valence-electron chi connectivity index (χ4n) is 2.48. The maximum atomic E-state index is 13.4. The predicted molar refractivity (Wildman–Crippen MR) is 84.0 cm³/mol. The van der Waals surface area contributed by atoms with E-state index in [0.717, 1.165) is 18.9 Å². The second-order valence-corrected chi connectivity index (χ2v) is 8.16. The van der Waals surface area contributed by atoms with Crippen molar-refractivity contribution in [1.82, 2.24) is 9.21 Å². The molecule has 0 amide bonds. The van der Waals surface area contributed by atoms with Crippen LogP contribution in [-0.2, 0) is 10.0 Å². The molecule has 8 heteroatoms. The number of halogens is 2. The number of nitrogens with zero attached hydrogens (tertiary/aromatic N) is 2. The number of hydrogen-bond donors (Lipinski definition) is 1. The van der Waals surface area contributed by atoms with Gasteiger partial charge in [0.25, 0.3) is 0 Å². The lowest BCUT2D eigenvalue weighted by Gasteiger charge is -2.34. The number of hydrogen-bond acceptors (Lipinski definition) is 4. The Balaban J connectivity index is 2.26. The van der Waals surface area contributed by atoms with Crippen molar-refractivity contribution in [2.45, 2.75) is 23.8 Å². The van der Waals surface area contributed by atoms with Gasteiger partial charge in [0.1, 0.15) is 5.82 Å². The second-order valence-electron chi connectivity index (χ2n) is 5.40. The fraction of sp³-hybridized carbons (Fsp3) is 0.538. The van der Waals surface area contributed by atoms with Crippen molar-refractivity contribution >= 4 is 31.6 Å². The lowest BCUT2D eigenvalue weighted by molar-refractivity contribution is 0.196. The topological polar surface area (TPSA) is 66.6 Å². The van der Waals surface area contributed by atoms with Gasteiger partial charge in [0, 0.05) is 23.6 Å². The van der Waals surface area contributed by atoms with Crippen LogP contribution >= 0.6 is 15.9 Å². The van der Waals surface area contributed by atoms with Crippen LogP contribution in [0.4, 0.5) is 10.1 Å². The Morgan fingerprint density at radius 3 is 2.43 bits per heavy atom. The molecule has 5 nitrogen and oxygen atoms in total. The molecule has 118 valence electrons. The molecule has 1 saturated heterocycles. The number of nitrogen functional groups attached to an aromatic ring is 1. The molecule has 0 unspecified atom stereocenters. The molecule has 2 rings (SSSR count). The highest BCUT2D eigenvalue weighted by atomic mass is 79.9. The summed E-state index contributed by atoms with van der Waals surface area (Å²) < 4.78 is 40.3. The van der Waals surface area contributed by atoms with E-state index in [0.29, 0.717) is 19.1 Å². The Bertz CT molecular complexity index is 629. The Kier molecular flexibility index (Phi) is 4.92. The van der Waals surface area contributed by atoms with Gasteiger partial charge in [-0.15, -0.1) is 0 Å². The molecular weight excluding hydrogens is 361 g/mol. The Labute approximate surface area is 133 Å². The maximum Gasteiger partial charge on any atom is 0.244 e. The molecule has 0 atom stereocenters. The SMILES string of the molecule is CN(C)C1CCN(S(=O)(=O)c2cc(N)c(F)cc2Br)CC1. The quantitative estimate of drug-likeness (QED) is 0.814. The number of anilines is 1. The molecule has 1 fully saturated rings. The normalized spacial score (nSPS) is 18.3. The highest BCUT2D eigenvalue weighted by molar-refractivity contribution is 9.10. The third-order valence-electron chi connectivity index (χ3n) is 3.82. The molecule has 2 N–H and O–H groups in total. The molecule has 0 bridgehead atoms. The average molecular weight is 380 g/mol. The number of benzene rings is 1. The molecule has 1 aliphatic heterocycles. The molecular formula is C13H19BrFN3O2S. The lowest BCUT2D eigenvalue weighted by atomic mass is 10.1. The summed E-state index contributed by atoms with van der Waals surface area (Å²) in [6.07, 6.45) is 1.56. The molecule has 0 radical (unpaired) electrons. The summed E-state index contributed by atoms with van der Waals surface area (Å²) in [4.78, 5) is 2.13. The predicted octanol–water partition coefficient (Wildman–Crippen LogP) is 1.89. The van der Waals surface area contributed by atoms with Crippen molar-refractivity contribution in [3.8, 4) is 0 Å². The third kappa shape index (κ3) is 3.39. The van der Waals surface area contributed by atoms with Gasteiger partial charge in [-0.25, -0.2) is 12.8 Å². The van der Waals surface area contributed by atoms with Crippen LogP contribution in [0, 0.1) is 5.82 Å². The summed E-state index contributed by atoms with van der Waals surface area (Å²) in [6.45, 7) is 0.907. The first-order valence-electron chi connectivity index (χ1n) is 6.64. The summed E-state index contributed by atoms with van der Waals surface area (Å²) in [7, 11) is 0.324. The van der Waals surface area contributed by atoms with Crippen molar-refractivity contribution in [2.24, 2.45) is 0 Å². The number of sulfonamides is 1. The van der Waals surface area contributed by atoms with Crippen molar-refractivity contribution in [2.75, 3.05) is 32.9 Å². The number of rotatable bonds is 3. The fourth-order valence-corrected chi connectivity index (χ4v) is 4.96. The summed E-state index contributed by atoms with van der Waals surface area (Å²) in [6, 6.07) is 2.65. The Hall–Kier alpha value is -0.700. The van der Waals surface area contributed by atoms with E-state index in [1.54, 1.807) is 0 Å². The molecule has 1 heterocycles. The van der Waals surface area contributed by atoms with Gasteiger partial charge in [-0.1, -0.05) is 0 Å². The van der Waals surface area contributed by atoms with Gasteiger partial charge < -0.3 is 10.6 Å². The van der Waals surface area contributed by atoms with E-state index in [2.05, 4.69) is 20.8 Å². The zero-order valence-electron chi connectivity index (χ0n) is 12.0. The number of nitrogens with two attached hydrogens (primary N) is 1. The van der Waals surface area contributed by atoms with Crippen LogP contribution in [0.5, 0.6) is 0 Å². The van der Waals surface area contributed by atoms with E-state index in [9.17, 15) is 12.8 Å². The molecule has 1 aliphatic rings. The van der Waals surface area contributed by atoms with Crippen LogP contribution in [0.2, 0.25) is 0 Å². The minimum Gasteiger partial charge on any atom is -0.396 e. The van der Waals surface area contributed by atoms with E-state index >= 15 is 0 Å². The lowest BCUT2D eigenvalue weighted by Crippen LogP contribution is -2.44. The average Bonchev–Trinajstić information content (AvgIpc) is 2.42. The van der Waals surface area contributed by atoms with Gasteiger partial charge in [-0.05, 0) is 55.0 Å². The standard InChI is InChI=1S/C13H19BrFN3O2S/c1-17(2)9-3-5-18(6-4-9)21(19,20)13-8-12(16)11(15)7-10(13)14/h7-9H,3-6,16H2,1-2H3. The zero-order chi connectivity index (χ0) is 15.8. The highest BCUT2D eigenvalue weighted by Gasteiger charge is 2.31. The first kappa shape index (κ1) is 16.7. The first-order valence-corrected chi connectivity index (χ1v) is 8.88. The molecule has 0 aliphatic carbocycles. The van der Waals surface area contributed by atoms with Gasteiger partial charge in [-0.3, -0.25) is 0 Å². The monoisotopic (exact) mass is 379 g/mol. The first-order chi connectivity index (χ1) is 9.73. The van der Waals surface area contributed by atoms with Crippen molar-refractivity contribution in [3.63, 3.8) is 0 Å². The summed E-state index contributed by atoms with van der Waals surface area (Å²) in [5.41, 5.74) is 5.33. The van der Waals surface area contributed by atoms with Gasteiger partial charge in [0.05, 0.1) is 10.6 Å². The van der Waals surface area contributed by atoms with Gasteiger partial charge in [-0.2, -0.15) is 4.31 Å². The van der Waals surface area contributed by atoms with E-state index in [1.807, 2.05) is 14.1 Å². The third-order valence-corrected chi connectivity index (χ3v) is 6.68. The molecule has 1 aromatic carbocycles. The van der Waals surface area contributed by atoms with E-state index in [1.165, 1.54) is 10.4 Å². The summed E-state index contributed by atoms with van der Waals surface area (Å²) in [5.74, 6) is -0.632. The minimum atomic E-state index is -3.66. The molecule has 0 aromatic heterocycles. The van der Waals surface area contributed by atoms with Gasteiger partial charge in [0.15, 0.2) is 0 Å². The summed E-state index contributed by atoms with van der Waals surface area (Å²) in [5, 5.41) is 0. The van der Waals surface area contributed by atoms with Gasteiger partial charge >= 0.3 is 0 Å². The summed E-state index contributed by atoms with van der Waals surface area (Å²) >= 11 is 3.11. The van der Waals surface area contributed by atoms with Gasteiger partial charge in [0.2, 0.25) is 10.0 Å². The van der Waals surface area contributed by atoms with Crippen LogP contribution in [0.3, 0.4) is 0 Å². The minimum absolute atomic E-state index is 0.0182. The maximum absolute atomic E-state index is 13.4. The second kappa shape index (κ2) is 6.20. The Morgan fingerprint density at radius 1 is 1.33 bits per heavy atom. The van der Waals surface area contributed by atoms with E-state index in [-0.39, 0.29) is 15.1 Å². The van der Waals surface area contributed by atoms with Crippen LogP contribution in [0.1, 0.15) is 12.8 Å². The van der Waals surface area contributed by atoms with Crippen LogP contribution in [0.15, 0.2) is 21.5 Å². The molecule has 1 aromatic rings. The van der Waals surface area contributed by atoms with Crippen LogP contribution in [-0.4, -0.2) is 50.8 Å².